The Balaban J connectivity index is 0. The fourth-order valence-electron chi connectivity index (χ4n) is 12.2. The van der Waals surface area contributed by atoms with Gasteiger partial charge in [0.15, 0.2) is 0 Å². The molecule has 0 saturated heterocycles. The molecule has 0 bridgehead atoms. The number of unbranched alkanes of at least 4 members (excludes halogenated alkanes) is 24. The van der Waals surface area contributed by atoms with Crippen LogP contribution < -0.4 is 0 Å². The number of aryl methyl sites for hydroxylation is 1. The third kappa shape index (κ3) is 47.4. The third-order valence-electron chi connectivity index (χ3n) is 18.3. The molecular weight excluding hydrogens is 1150 g/mol. The van der Waals surface area contributed by atoms with E-state index in [1.54, 1.807) is 6.08 Å². The summed E-state index contributed by atoms with van der Waals surface area (Å²) in [7, 11) is 0. The summed E-state index contributed by atoms with van der Waals surface area (Å²) in [5.41, 5.74) is 8.98. The van der Waals surface area contributed by atoms with E-state index in [1.807, 2.05) is 64.1 Å². The van der Waals surface area contributed by atoms with Crippen LogP contribution in [0.15, 0.2) is 86.4 Å². The van der Waals surface area contributed by atoms with Gasteiger partial charge in [0.25, 0.3) is 17.1 Å². The molecule has 1 aromatic carbocycles. The predicted octanol–water partition coefficient (Wildman–Crippen LogP) is 26.8. The van der Waals surface area contributed by atoms with Crippen LogP contribution in [-0.4, -0.2) is 0 Å². The van der Waals surface area contributed by atoms with Crippen LogP contribution in [0.25, 0.3) is 20.6 Å². The molecule has 2 aliphatic rings. The summed E-state index contributed by atoms with van der Waals surface area (Å²) in [5, 5.41) is 61.6. The zero-order valence-corrected chi connectivity index (χ0v) is 60.8. The van der Waals surface area contributed by atoms with Crippen molar-refractivity contribution in [1.29, 1.82) is 36.8 Å². The molecule has 0 aliphatic heterocycles. The molecule has 0 aromatic heterocycles. The lowest BCUT2D eigenvalue weighted by atomic mass is 9.69. The molecule has 0 atom stereocenters. The van der Waals surface area contributed by atoms with Crippen LogP contribution in [0.4, 0.5) is 0 Å². The van der Waals surface area contributed by atoms with Gasteiger partial charge in [0.05, 0.1) is 37.9 Å². The minimum absolute atomic E-state index is 0.126. The summed E-state index contributed by atoms with van der Waals surface area (Å²) >= 11 is 0. The molecule has 0 unspecified atom stereocenters. The van der Waals surface area contributed by atoms with Crippen molar-refractivity contribution < 1.29 is 0 Å². The van der Waals surface area contributed by atoms with E-state index in [2.05, 4.69) is 85.6 Å². The van der Waals surface area contributed by atoms with Crippen molar-refractivity contribution in [2.45, 2.75) is 345 Å². The van der Waals surface area contributed by atoms with Crippen molar-refractivity contribution >= 4 is 6.08 Å². The Morgan fingerprint density at radius 2 is 0.862 bits per heavy atom. The van der Waals surface area contributed by atoms with Crippen LogP contribution in [0.5, 0.6) is 0 Å². The first-order chi connectivity index (χ1) is 45.7. The Labute approximate surface area is 576 Å². The van der Waals surface area contributed by atoms with Crippen molar-refractivity contribution in [2.24, 2.45) is 17.8 Å². The van der Waals surface area contributed by atoms with Gasteiger partial charge >= 0.3 is 0 Å². The summed E-state index contributed by atoms with van der Waals surface area (Å²) in [6.07, 6.45) is 58.6. The van der Waals surface area contributed by atoms with Gasteiger partial charge < -0.3 is 0 Å². The molecule has 10 nitrogen and oxygen atoms in total. The molecule has 0 N–H and O–H groups in total. The molecule has 2 saturated carbocycles. The Kier molecular flexibility index (Phi) is 60.6. The zero-order chi connectivity index (χ0) is 70.1. The van der Waals surface area contributed by atoms with Crippen molar-refractivity contribution in [1.82, 2.24) is 0 Å². The highest BCUT2D eigenvalue weighted by Crippen LogP contribution is 2.42. The minimum atomic E-state index is 0.126. The van der Waals surface area contributed by atoms with Crippen LogP contribution in [0.1, 0.15) is 350 Å². The van der Waals surface area contributed by atoms with Crippen LogP contribution in [0.3, 0.4) is 0 Å². The van der Waals surface area contributed by atoms with Crippen molar-refractivity contribution in [3.63, 3.8) is 0 Å². The lowest BCUT2D eigenvalue weighted by Crippen LogP contribution is -2.24. The summed E-state index contributed by atoms with van der Waals surface area (Å²) in [6.45, 7) is 39.9. The topological polar surface area (TPSA) is 180 Å². The second-order valence-electron chi connectivity index (χ2n) is 26.3. The fraction of sp³-hybridized carbons (Fsp3) is 0.667. The quantitative estimate of drug-likeness (QED) is 0.0272. The number of nitriles is 7. The molecule has 510 valence electrons. The highest BCUT2D eigenvalue weighted by Gasteiger charge is 2.30. The first kappa shape index (κ1) is 88.6. The normalized spacial score (nSPS) is 14.6. The molecule has 94 heavy (non-hydrogen) atoms. The maximum Gasteiger partial charge on any atom is 0.262 e. The Hall–Kier alpha value is -7.44. The Morgan fingerprint density at radius 1 is 0.436 bits per heavy atom. The van der Waals surface area contributed by atoms with Gasteiger partial charge in [0, 0.05) is 0 Å². The van der Waals surface area contributed by atoms with E-state index in [-0.39, 0.29) is 17.0 Å². The van der Waals surface area contributed by atoms with Gasteiger partial charge in [-0.2, -0.15) is 21.0 Å². The van der Waals surface area contributed by atoms with Crippen molar-refractivity contribution in [2.75, 3.05) is 0 Å². The number of rotatable bonds is 39. The molecule has 3 rings (SSSR count). The van der Waals surface area contributed by atoms with E-state index >= 15 is 0 Å². The maximum atomic E-state index is 9.26. The van der Waals surface area contributed by atoms with Gasteiger partial charge in [-0.3, -0.25) is 0 Å². The first-order valence-electron chi connectivity index (χ1n) is 37.0. The van der Waals surface area contributed by atoms with Gasteiger partial charge in [-0.05, 0) is 150 Å². The largest absolute Gasteiger partial charge is 0.262 e. The van der Waals surface area contributed by atoms with E-state index < -0.39 is 0 Å². The number of nitrogens with zero attached hydrogens (tertiary/aromatic N) is 10. The molecule has 1 aromatic rings. The summed E-state index contributed by atoms with van der Waals surface area (Å²) in [4.78, 5) is 9.83. The summed E-state index contributed by atoms with van der Waals surface area (Å²) in [5.74, 6) is 2.75. The maximum absolute atomic E-state index is 9.26. The predicted molar refractivity (Wildman–Crippen MR) is 393 cm³/mol. The van der Waals surface area contributed by atoms with Gasteiger partial charge in [-0.15, -0.1) is 0 Å². The number of allylic oxidation sites excluding steroid dienone is 11. The zero-order valence-electron chi connectivity index (χ0n) is 60.8. The molecule has 2 aliphatic carbocycles. The summed E-state index contributed by atoms with van der Waals surface area (Å²) in [6, 6.07) is 21.9. The third-order valence-corrected chi connectivity index (χ3v) is 18.3. The van der Waals surface area contributed by atoms with Crippen LogP contribution in [0, 0.1) is 117 Å². The van der Waals surface area contributed by atoms with Crippen LogP contribution in [-0.2, 0) is 6.42 Å². The SMILES string of the molecule is CC(C)=CCCC(C)=C(C#N)C#N.CCCCC1CCC(C2CCC(=C(C#N)C#N)CC2)CC1.[C-]#[N+]/C(C#N)=C(/C)CCCCCCCCC.[C-]#[N+]/C(C#N)=C\c1ccc(CCCC)cc1.[C-]#[N+]C(C#N)=C(CCCCCCCCCCC)CCCCCCCCCCC. The van der Waals surface area contributed by atoms with Gasteiger partial charge in [0.2, 0.25) is 0 Å². The molecule has 0 amide bonds. The van der Waals surface area contributed by atoms with Crippen molar-refractivity contribution in [3.05, 3.63) is 132 Å². The average molecular weight is 1270 g/mol. The van der Waals surface area contributed by atoms with Crippen LogP contribution >= 0.6 is 0 Å². The minimum Gasteiger partial charge on any atom is -0.227 e. The van der Waals surface area contributed by atoms with E-state index in [4.69, 9.17) is 51.3 Å². The van der Waals surface area contributed by atoms with Gasteiger partial charge in [0.1, 0.15) is 35.4 Å². The molecule has 0 heterocycles. The lowest BCUT2D eigenvalue weighted by Gasteiger charge is -2.36. The van der Waals surface area contributed by atoms with Crippen LogP contribution in [0.2, 0.25) is 0 Å². The first-order valence-corrected chi connectivity index (χ1v) is 37.0. The molecule has 0 radical (unpaired) electrons. The lowest BCUT2D eigenvalue weighted by molar-refractivity contribution is 0.173. The smallest absolute Gasteiger partial charge is 0.227 e. The van der Waals surface area contributed by atoms with E-state index in [0.29, 0.717) is 11.3 Å². The molecule has 2 fully saturated rings. The van der Waals surface area contributed by atoms with E-state index in [0.717, 1.165) is 116 Å². The molecule has 10 heteroatoms. The average Bonchev–Trinajstić information content (AvgIpc) is 0.926. The second kappa shape index (κ2) is 64.3. The Bertz CT molecular complexity index is 2710. The molecule has 0 spiro atoms. The van der Waals surface area contributed by atoms with Gasteiger partial charge in [-0.1, -0.05) is 288 Å². The van der Waals surface area contributed by atoms with E-state index in [1.165, 1.54) is 223 Å². The summed E-state index contributed by atoms with van der Waals surface area (Å²) < 4.78 is 0. The number of benzene rings is 1. The number of hydrogen-bond acceptors (Lipinski definition) is 7. The number of hydrogen-bond donors (Lipinski definition) is 0. The highest BCUT2D eigenvalue weighted by molar-refractivity contribution is 5.59. The highest BCUT2D eigenvalue weighted by atomic mass is 14.7. The monoisotopic (exact) mass is 1270 g/mol. The van der Waals surface area contributed by atoms with E-state index in [9.17, 15) is 5.26 Å². The van der Waals surface area contributed by atoms with Gasteiger partial charge in [-0.25, -0.2) is 30.3 Å². The molecular formula is C84H124N10. The van der Waals surface area contributed by atoms with Crippen molar-refractivity contribution in [3.8, 4) is 42.5 Å². The Morgan fingerprint density at radius 3 is 1.24 bits per heavy atom. The fourth-order valence-corrected chi connectivity index (χ4v) is 12.2. The second-order valence-corrected chi connectivity index (χ2v) is 26.3. The standard InChI is InChI=1S/C26H46N2.C19H28N2.C14H14N2.C14H22N2.C11H14N2/c1-4-6-8-10-12-14-16-18-20-22-25(26(24-27)28-3)23-21-19-17-15-13-11-9-7-5-2;1-2-3-4-15-5-7-16(8-6-15)17-9-11-18(12-10-17)19(13-20)14-21;1-3-4-5-12-6-8-13(9-7-12)10-14(11-15)16-2;1-4-5-6-7-8-9-10-11-13(2)14(12-15)16-3;1-9(2)5-4-6-10(3)11(7-12)8-13/h4-23H2,1-2H3;15-17H,2-12H2,1H3;6-10H,3-5H2,1H3;4-11H2,1-2H3;5H,4,6H2,1-3H3/b;;14-10-;14-13-;.